The fraction of sp³-hybridized carbons (Fsp3) is 0.500. The molecule has 1 aliphatic carbocycles. The fourth-order valence-corrected chi connectivity index (χ4v) is 6.67. The highest BCUT2D eigenvalue weighted by Crippen LogP contribution is 2.35. The van der Waals surface area contributed by atoms with Crippen LogP contribution >= 0.6 is 0 Å². The number of rotatable bonds is 6. The zero-order chi connectivity index (χ0) is 22.6. The molecule has 2 aliphatic rings. The summed E-state index contributed by atoms with van der Waals surface area (Å²) >= 11 is 0. The molecular formula is C26H34N2O3S. The zero-order valence-electron chi connectivity index (χ0n) is 18.9. The minimum Gasteiger partial charge on any atom is -0.352 e. The van der Waals surface area contributed by atoms with E-state index in [1.807, 2.05) is 49.4 Å². The monoisotopic (exact) mass is 454 g/mol. The number of amides is 1. The summed E-state index contributed by atoms with van der Waals surface area (Å²) in [6.45, 7) is 2.99. The molecule has 2 aromatic rings. The number of hydrogen-bond acceptors (Lipinski definition) is 3. The topological polar surface area (TPSA) is 66.5 Å². The predicted octanol–water partition coefficient (Wildman–Crippen LogP) is 4.84. The summed E-state index contributed by atoms with van der Waals surface area (Å²) in [6.07, 6.45) is 7.54. The first-order chi connectivity index (χ1) is 15.4. The Balaban J connectivity index is 1.43. The van der Waals surface area contributed by atoms with E-state index in [2.05, 4.69) is 5.32 Å². The van der Waals surface area contributed by atoms with Gasteiger partial charge in [0.1, 0.15) is 0 Å². The van der Waals surface area contributed by atoms with E-state index in [-0.39, 0.29) is 12.5 Å². The first-order valence-electron chi connectivity index (χ1n) is 11.8. The van der Waals surface area contributed by atoms with Gasteiger partial charge in [-0.25, -0.2) is 8.42 Å². The van der Waals surface area contributed by atoms with Gasteiger partial charge < -0.3 is 5.32 Å². The molecular weight excluding hydrogens is 420 g/mol. The first-order valence-corrected chi connectivity index (χ1v) is 13.2. The summed E-state index contributed by atoms with van der Waals surface area (Å²) in [7, 11) is -3.63. The molecule has 0 spiro atoms. The molecule has 1 amide bonds. The summed E-state index contributed by atoms with van der Waals surface area (Å²) in [5.74, 6) is 0.459. The summed E-state index contributed by atoms with van der Waals surface area (Å²) in [5, 5.41) is 3.00. The molecule has 5 nitrogen and oxygen atoms in total. The molecule has 1 saturated carbocycles. The molecule has 1 atom stereocenters. The molecule has 172 valence electrons. The number of carbonyl (C=O) groups is 1. The number of carbonyl (C=O) groups excluding carboxylic acids is 1. The lowest BCUT2D eigenvalue weighted by molar-refractivity contribution is -0.132. The van der Waals surface area contributed by atoms with E-state index in [1.54, 1.807) is 12.1 Å². The zero-order valence-corrected chi connectivity index (χ0v) is 19.7. The molecule has 4 rings (SSSR count). The molecule has 1 aliphatic heterocycles. The average Bonchev–Trinajstić information content (AvgIpc) is 2.84. The fourth-order valence-electron chi connectivity index (χ4n) is 5.07. The Labute approximate surface area is 192 Å². The van der Waals surface area contributed by atoms with Gasteiger partial charge in [-0.2, -0.15) is 4.31 Å². The molecule has 2 fully saturated rings. The van der Waals surface area contributed by atoms with Crippen LogP contribution in [0.15, 0.2) is 59.5 Å². The molecule has 0 radical (unpaired) electrons. The van der Waals surface area contributed by atoms with Crippen molar-refractivity contribution in [3.8, 4) is 0 Å². The largest absolute Gasteiger partial charge is 0.352 e. The Morgan fingerprint density at radius 1 is 1.00 bits per heavy atom. The van der Waals surface area contributed by atoms with E-state index in [4.69, 9.17) is 0 Å². The predicted molar refractivity (Wildman–Crippen MR) is 127 cm³/mol. The van der Waals surface area contributed by atoms with Crippen molar-refractivity contribution in [3.63, 3.8) is 0 Å². The van der Waals surface area contributed by atoms with Crippen LogP contribution in [-0.4, -0.2) is 31.7 Å². The van der Waals surface area contributed by atoms with E-state index in [1.165, 1.54) is 42.0 Å². The Bertz CT molecular complexity index is 1010. The van der Waals surface area contributed by atoms with Crippen LogP contribution in [0.2, 0.25) is 0 Å². The van der Waals surface area contributed by atoms with E-state index in [0.29, 0.717) is 36.7 Å². The second-order valence-corrected chi connectivity index (χ2v) is 11.5. The van der Waals surface area contributed by atoms with Crippen molar-refractivity contribution in [2.24, 2.45) is 5.41 Å². The first kappa shape index (κ1) is 23.0. The van der Waals surface area contributed by atoms with Gasteiger partial charge in [0.2, 0.25) is 15.9 Å². The summed E-state index contributed by atoms with van der Waals surface area (Å²) in [5.41, 5.74) is 1.54. The van der Waals surface area contributed by atoms with Gasteiger partial charge in [0.15, 0.2) is 0 Å². The van der Waals surface area contributed by atoms with Crippen LogP contribution in [0.5, 0.6) is 0 Å². The van der Waals surface area contributed by atoms with Crippen LogP contribution in [0, 0.1) is 5.41 Å². The highest BCUT2D eigenvalue weighted by molar-refractivity contribution is 7.89. The van der Waals surface area contributed by atoms with Crippen molar-refractivity contribution in [2.45, 2.75) is 69.2 Å². The van der Waals surface area contributed by atoms with Crippen LogP contribution < -0.4 is 5.32 Å². The molecule has 1 N–H and O–H groups in total. The van der Waals surface area contributed by atoms with Gasteiger partial charge in [0.25, 0.3) is 0 Å². The molecule has 0 bridgehead atoms. The van der Waals surface area contributed by atoms with Gasteiger partial charge in [0, 0.05) is 19.6 Å². The molecule has 1 unspecified atom stereocenters. The van der Waals surface area contributed by atoms with Crippen molar-refractivity contribution in [3.05, 3.63) is 65.7 Å². The quantitative estimate of drug-likeness (QED) is 0.679. The summed E-state index contributed by atoms with van der Waals surface area (Å²) in [6, 6.07) is 17.2. The Morgan fingerprint density at radius 2 is 1.69 bits per heavy atom. The second-order valence-electron chi connectivity index (χ2n) is 9.58. The molecule has 0 aromatic heterocycles. The summed E-state index contributed by atoms with van der Waals surface area (Å²) in [4.78, 5) is 13.3. The Kier molecular flexibility index (Phi) is 7.01. The molecule has 6 heteroatoms. The van der Waals surface area contributed by atoms with Crippen molar-refractivity contribution < 1.29 is 13.2 Å². The van der Waals surface area contributed by atoms with Gasteiger partial charge in [-0.1, -0.05) is 61.7 Å². The number of nitrogens with zero attached hydrogens (tertiary/aromatic N) is 1. The third-order valence-electron chi connectivity index (χ3n) is 7.10. The Hall–Kier alpha value is -2.18. The number of hydrogen-bond donors (Lipinski definition) is 1. The maximum Gasteiger partial charge on any atom is 0.243 e. The van der Waals surface area contributed by atoms with Gasteiger partial charge in [-0.15, -0.1) is 0 Å². The van der Waals surface area contributed by atoms with E-state index < -0.39 is 15.4 Å². The van der Waals surface area contributed by atoms with Crippen molar-refractivity contribution >= 4 is 15.9 Å². The van der Waals surface area contributed by atoms with Gasteiger partial charge in [0.05, 0.1) is 10.3 Å². The minimum atomic E-state index is -3.63. The van der Waals surface area contributed by atoms with Gasteiger partial charge >= 0.3 is 0 Å². The van der Waals surface area contributed by atoms with Gasteiger partial charge in [-0.3, -0.25) is 4.79 Å². The summed E-state index contributed by atoms with van der Waals surface area (Å²) < 4.78 is 28.2. The maximum atomic E-state index is 13.4. The highest BCUT2D eigenvalue weighted by atomic mass is 32.2. The molecule has 2 aromatic carbocycles. The normalized spacial score (nSPS) is 23.0. The van der Waals surface area contributed by atoms with E-state index in [0.717, 1.165) is 5.56 Å². The second kappa shape index (κ2) is 9.75. The van der Waals surface area contributed by atoms with Crippen LogP contribution in [0.25, 0.3) is 0 Å². The van der Waals surface area contributed by atoms with Crippen molar-refractivity contribution in [2.75, 3.05) is 13.1 Å². The number of piperidine rings is 1. The van der Waals surface area contributed by atoms with Crippen LogP contribution in [-0.2, 0) is 21.4 Å². The third kappa shape index (κ3) is 5.07. The number of benzene rings is 2. The van der Waals surface area contributed by atoms with Gasteiger partial charge in [-0.05, 0) is 61.8 Å². The lowest BCUT2D eigenvalue weighted by atomic mass is 9.82. The molecule has 1 saturated heterocycles. The third-order valence-corrected chi connectivity index (χ3v) is 8.96. The Morgan fingerprint density at radius 3 is 2.38 bits per heavy atom. The lowest BCUT2D eigenvalue weighted by Gasteiger charge is -2.38. The number of sulfonamides is 1. The highest BCUT2D eigenvalue weighted by Gasteiger charge is 2.41. The van der Waals surface area contributed by atoms with E-state index in [9.17, 15) is 13.2 Å². The minimum absolute atomic E-state index is 0.0890. The average molecular weight is 455 g/mol. The lowest BCUT2D eigenvalue weighted by Crippen LogP contribution is -2.51. The van der Waals surface area contributed by atoms with Crippen LogP contribution in [0.3, 0.4) is 0 Å². The standard InChI is InChI=1S/C26H34N2O3S/c1-26(25(29)27-19-21-9-4-2-5-10-21)17-8-18-28(20-26)32(30,31)24-15-13-23(14-16-24)22-11-6-3-7-12-22/h2,4-5,9-10,13-16,22H,3,6-8,11-12,17-20H2,1H3,(H,27,29). The molecule has 1 heterocycles. The maximum absolute atomic E-state index is 13.4. The van der Waals surface area contributed by atoms with E-state index >= 15 is 0 Å². The smallest absolute Gasteiger partial charge is 0.243 e. The van der Waals surface area contributed by atoms with Crippen molar-refractivity contribution in [1.29, 1.82) is 0 Å². The SMILES string of the molecule is CC1(C(=O)NCc2ccccc2)CCCN(S(=O)(=O)c2ccc(C3CCCCC3)cc2)C1. The number of nitrogens with one attached hydrogen (secondary N) is 1. The molecule has 32 heavy (non-hydrogen) atoms. The van der Waals surface area contributed by atoms with Crippen LogP contribution in [0.1, 0.15) is 68.9 Å². The van der Waals surface area contributed by atoms with Crippen molar-refractivity contribution in [1.82, 2.24) is 9.62 Å². The van der Waals surface area contributed by atoms with Crippen LogP contribution in [0.4, 0.5) is 0 Å².